The number of rotatable bonds is 5. The number of hydrogen-bond acceptors (Lipinski definition) is 7. The van der Waals surface area contributed by atoms with Crippen molar-refractivity contribution in [2.24, 2.45) is 0 Å². The van der Waals surface area contributed by atoms with Gasteiger partial charge in [0, 0.05) is 30.4 Å². The first-order chi connectivity index (χ1) is 11.0. The minimum absolute atomic E-state index is 0.0240. The molecule has 0 unspecified atom stereocenters. The highest BCUT2D eigenvalue weighted by atomic mass is 16.6. The van der Waals surface area contributed by atoms with Crippen molar-refractivity contribution < 1.29 is 15.0 Å². The molecule has 9 nitrogen and oxygen atoms in total. The molecule has 0 aliphatic carbocycles. The minimum Gasteiger partial charge on any atom is -0.399 e. The van der Waals surface area contributed by atoms with E-state index in [0.29, 0.717) is 17.9 Å². The highest BCUT2D eigenvalue weighted by Crippen LogP contribution is 2.22. The molecule has 0 radical (unpaired) electrons. The van der Waals surface area contributed by atoms with E-state index in [-0.39, 0.29) is 18.0 Å². The Labute approximate surface area is 131 Å². The van der Waals surface area contributed by atoms with Crippen molar-refractivity contribution in [3.05, 3.63) is 68.8 Å². The number of aliphatic hydroxyl groups excluding tert-OH is 1. The number of nitro groups is 2. The number of nitrogen functional groups attached to an aromatic ring is 1. The SMILES string of the molecule is Nc1cccc([N+](=O)[O-])c1.O=[N+]([O-])c1ccccc1NCCO. The van der Waals surface area contributed by atoms with E-state index in [1.165, 1.54) is 18.2 Å². The number of nitro benzene ring substituents is 2. The molecule has 0 aliphatic rings. The molecule has 0 aliphatic heterocycles. The molecule has 0 aromatic heterocycles. The van der Waals surface area contributed by atoms with E-state index in [1.807, 2.05) is 0 Å². The molecule has 0 saturated carbocycles. The summed E-state index contributed by atoms with van der Waals surface area (Å²) < 4.78 is 0. The third-order valence-corrected chi connectivity index (χ3v) is 2.61. The van der Waals surface area contributed by atoms with Crippen molar-refractivity contribution in [3.63, 3.8) is 0 Å². The molecular formula is C14H16N4O5. The van der Waals surface area contributed by atoms with Crippen LogP contribution in [0.15, 0.2) is 48.5 Å². The Morgan fingerprint density at radius 1 is 1.04 bits per heavy atom. The van der Waals surface area contributed by atoms with E-state index < -0.39 is 9.85 Å². The van der Waals surface area contributed by atoms with Gasteiger partial charge in [-0.1, -0.05) is 18.2 Å². The van der Waals surface area contributed by atoms with Crippen molar-refractivity contribution in [1.82, 2.24) is 0 Å². The first kappa shape index (κ1) is 17.9. The van der Waals surface area contributed by atoms with Crippen LogP contribution in [0, 0.1) is 20.2 Å². The minimum atomic E-state index is -0.476. The molecule has 0 saturated heterocycles. The topological polar surface area (TPSA) is 145 Å². The second kappa shape index (κ2) is 8.95. The van der Waals surface area contributed by atoms with Crippen LogP contribution in [-0.2, 0) is 0 Å². The molecule has 122 valence electrons. The normalized spacial score (nSPS) is 9.43. The lowest BCUT2D eigenvalue weighted by Gasteiger charge is -2.03. The zero-order valence-electron chi connectivity index (χ0n) is 12.1. The lowest BCUT2D eigenvalue weighted by atomic mass is 10.2. The summed E-state index contributed by atoms with van der Waals surface area (Å²) >= 11 is 0. The van der Waals surface area contributed by atoms with Crippen LogP contribution in [0.1, 0.15) is 0 Å². The fraction of sp³-hybridized carbons (Fsp3) is 0.143. The number of aliphatic hydroxyl groups is 1. The smallest absolute Gasteiger partial charge is 0.292 e. The number of non-ortho nitro benzene ring substituents is 1. The number of anilines is 2. The summed E-state index contributed by atoms with van der Waals surface area (Å²) in [6, 6.07) is 12.2. The molecule has 2 rings (SSSR count). The summed E-state index contributed by atoms with van der Waals surface area (Å²) in [5.41, 5.74) is 6.19. The second-order valence-corrected chi connectivity index (χ2v) is 4.28. The number of nitrogens with zero attached hydrogens (tertiary/aromatic N) is 2. The molecule has 23 heavy (non-hydrogen) atoms. The maximum atomic E-state index is 10.5. The summed E-state index contributed by atoms with van der Waals surface area (Å²) in [6.07, 6.45) is 0. The van der Waals surface area contributed by atoms with Crippen molar-refractivity contribution in [1.29, 1.82) is 0 Å². The average molecular weight is 320 g/mol. The Morgan fingerprint density at radius 2 is 1.74 bits per heavy atom. The number of para-hydroxylation sites is 2. The van der Waals surface area contributed by atoms with Gasteiger partial charge in [0.1, 0.15) is 5.69 Å². The molecule has 2 aromatic rings. The Hall–Kier alpha value is -3.20. The van der Waals surface area contributed by atoms with Crippen molar-refractivity contribution >= 4 is 22.7 Å². The molecule has 0 atom stereocenters. The van der Waals surface area contributed by atoms with Gasteiger partial charge in [-0.2, -0.15) is 0 Å². The summed E-state index contributed by atoms with van der Waals surface area (Å²) in [5.74, 6) is 0. The summed E-state index contributed by atoms with van der Waals surface area (Å²) in [6.45, 7) is 0.261. The van der Waals surface area contributed by atoms with Gasteiger partial charge >= 0.3 is 0 Å². The molecule has 0 spiro atoms. The van der Waals surface area contributed by atoms with Gasteiger partial charge in [0.15, 0.2) is 0 Å². The Bertz CT molecular complexity index is 678. The van der Waals surface area contributed by atoms with E-state index in [2.05, 4.69) is 5.32 Å². The highest BCUT2D eigenvalue weighted by molar-refractivity contribution is 5.60. The Kier molecular flexibility index (Phi) is 6.95. The largest absolute Gasteiger partial charge is 0.399 e. The molecule has 0 amide bonds. The van der Waals surface area contributed by atoms with Crippen LogP contribution in [-0.4, -0.2) is 28.1 Å². The van der Waals surface area contributed by atoms with Crippen LogP contribution < -0.4 is 11.1 Å². The number of nitrogens with one attached hydrogen (secondary N) is 1. The van der Waals surface area contributed by atoms with Crippen LogP contribution >= 0.6 is 0 Å². The first-order valence-electron chi connectivity index (χ1n) is 6.53. The average Bonchev–Trinajstić information content (AvgIpc) is 2.53. The molecule has 0 fully saturated rings. The predicted octanol–water partition coefficient (Wildman–Crippen LogP) is 2.18. The second-order valence-electron chi connectivity index (χ2n) is 4.28. The van der Waals surface area contributed by atoms with Crippen LogP contribution in [0.5, 0.6) is 0 Å². The molecular weight excluding hydrogens is 304 g/mol. The van der Waals surface area contributed by atoms with Crippen molar-refractivity contribution in [3.8, 4) is 0 Å². The van der Waals surface area contributed by atoms with Crippen LogP contribution in [0.3, 0.4) is 0 Å². The molecule has 0 bridgehead atoms. The lowest BCUT2D eigenvalue weighted by molar-refractivity contribution is -0.384. The summed E-state index contributed by atoms with van der Waals surface area (Å²) in [5, 5.41) is 31.9. The van der Waals surface area contributed by atoms with Gasteiger partial charge in [-0.3, -0.25) is 20.2 Å². The van der Waals surface area contributed by atoms with Gasteiger partial charge in [0.2, 0.25) is 0 Å². The summed E-state index contributed by atoms with van der Waals surface area (Å²) in [7, 11) is 0. The van der Waals surface area contributed by atoms with Gasteiger partial charge in [-0.05, 0) is 12.1 Å². The van der Waals surface area contributed by atoms with Crippen LogP contribution in [0.25, 0.3) is 0 Å². The van der Waals surface area contributed by atoms with E-state index in [0.717, 1.165) is 0 Å². The fourth-order valence-electron chi connectivity index (χ4n) is 1.61. The predicted molar refractivity (Wildman–Crippen MR) is 86.2 cm³/mol. The van der Waals surface area contributed by atoms with Gasteiger partial charge in [-0.15, -0.1) is 0 Å². The van der Waals surface area contributed by atoms with Gasteiger partial charge in [0.25, 0.3) is 11.4 Å². The quantitative estimate of drug-likeness (QED) is 0.435. The van der Waals surface area contributed by atoms with E-state index in [1.54, 1.807) is 30.3 Å². The first-order valence-corrected chi connectivity index (χ1v) is 6.53. The molecule has 9 heteroatoms. The van der Waals surface area contributed by atoms with E-state index in [4.69, 9.17) is 10.8 Å². The maximum absolute atomic E-state index is 10.5. The highest BCUT2D eigenvalue weighted by Gasteiger charge is 2.10. The molecule has 4 N–H and O–H groups in total. The fourth-order valence-corrected chi connectivity index (χ4v) is 1.61. The Morgan fingerprint density at radius 3 is 2.26 bits per heavy atom. The van der Waals surface area contributed by atoms with Gasteiger partial charge in [0.05, 0.1) is 16.5 Å². The van der Waals surface area contributed by atoms with E-state index >= 15 is 0 Å². The van der Waals surface area contributed by atoms with Gasteiger partial charge < -0.3 is 16.2 Å². The molecule has 2 aromatic carbocycles. The maximum Gasteiger partial charge on any atom is 0.292 e. The van der Waals surface area contributed by atoms with Crippen molar-refractivity contribution in [2.75, 3.05) is 24.2 Å². The van der Waals surface area contributed by atoms with Crippen LogP contribution in [0.2, 0.25) is 0 Å². The Balaban J connectivity index is 0.000000238. The zero-order chi connectivity index (χ0) is 17.2. The third-order valence-electron chi connectivity index (χ3n) is 2.61. The number of nitrogens with two attached hydrogens (primary N) is 1. The lowest BCUT2D eigenvalue weighted by Crippen LogP contribution is -2.07. The van der Waals surface area contributed by atoms with Crippen molar-refractivity contribution in [2.45, 2.75) is 0 Å². The van der Waals surface area contributed by atoms with Crippen LogP contribution in [0.4, 0.5) is 22.7 Å². The number of hydrogen-bond donors (Lipinski definition) is 3. The third kappa shape index (κ3) is 5.98. The van der Waals surface area contributed by atoms with Gasteiger partial charge in [-0.25, -0.2) is 0 Å². The standard InChI is InChI=1S/C8H10N2O3.C6H6N2O2/c11-6-5-9-7-3-1-2-4-8(7)10(12)13;7-5-2-1-3-6(4-5)8(9)10/h1-4,9,11H,5-6H2;1-4H,7H2. The molecule has 0 heterocycles. The summed E-state index contributed by atoms with van der Waals surface area (Å²) in [4.78, 5) is 19.7. The monoisotopic (exact) mass is 320 g/mol. The number of benzene rings is 2. The van der Waals surface area contributed by atoms with E-state index in [9.17, 15) is 20.2 Å². The zero-order valence-corrected chi connectivity index (χ0v) is 12.1.